The van der Waals surface area contributed by atoms with E-state index in [1.807, 2.05) is 6.07 Å². The molecular weight excluding hydrogens is 369 g/mol. The Bertz CT molecular complexity index is 723. The topological polar surface area (TPSA) is 35.8 Å². The highest BCUT2D eigenvalue weighted by Gasteiger charge is 2.33. The second-order valence-corrected chi connectivity index (χ2v) is 5.35. The standard InChI is InChI=1S/C14H7BrClF3N2/c15-11-5-4-8(6-10(11)14(17,18)19)21-13-3-1-2-12(16)9(13)7-20/h1-6,21H. The third-order valence-corrected chi connectivity index (χ3v) is 3.68. The van der Waals surface area contributed by atoms with E-state index in [0.717, 1.165) is 6.07 Å². The van der Waals surface area contributed by atoms with E-state index in [-0.39, 0.29) is 20.7 Å². The molecule has 2 aromatic carbocycles. The van der Waals surface area contributed by atoms with E-state index in [9.17, 15) is 13.2 Å². The SMILES string of the molecule is N#Cc1c(Cl)cccc1Nc1ccc(Br)c(C(F)(F)F)c1. The van der Waals surface area contributed by atoms with Crippen LogP contribution in [0.5, 0.6) is 0 Å². The summed E-state index contributed by atoms with van der Waals surface area (Å²) in [6.07, 6.45) is -4.47. The van der Waals surface area contributed by atoms with Crippen molar-refractivity contribution in [3.63, 3.8) is 0 Å². The van der Waals surface area contributed by atoms with Crippen LogP contribution in [0.1, 0.15) is 11.1 Å². The van der Waals surface area contributed by atoms with E-state index in [1.54, 1.807) is 12.1 Å². The molecular formula is C14H7BrClF3N2. The number of hydrogen-bond donors (Lipinski definition) is 1. The molecule has 0 saturated carbocycles. The van der Waals surface area contributed by atoms with Crippen molar-refractivity contribution in [1.29, 1.82) is 5.26 Å². The van der Waals surface area contributed by atoms with Crippen LogP contribution < -0.4 is 5.32 Å². The lowest BCUT2D eigenvalue weighted by Crippen LogP contribution is -2.07. The molecule has 21 heavy (non-hydrogen) atoms. The zero-order valence-corrected chi connectivity index (χ0v) is 12.6. The van der Waals surface area contributed by atoms with Gasteiger partial charge in [-0.3, -0.25) is 0 Å². The van der Waals surface area contributed by atoms with Gasteiger partial charge < -0.3 is 5.32 Å². The predicted molar refractivity (Wildman–Crippen MR) is 78.6 cm³/mol. The van der Waals surface area contributed by atoms with Crippen molar-refractivity contribution < 1.29 is 13.2 Å². The molecule has 108 valence electrons. The Labute approximate surface area is 132 Å². The normalized spacial score (nSPS) is 11.0. The van der Waals surface area contributed by atoms with Crippen LogP contribution in [0.4, 0.5) is 24.5 Å². The van der Waals surface area contributed by atoms with Gasteiger partial charge in [-0.15, -0.1) is 0 Å². The predicted octanol–water partition coefficient (Wildman–Crippen LogP) is 5.74. The minimum atomic E-state index is -4.47. The summed E-state index contributed by atoms with van der Waals surface area (Å²) in [7, 11) is 0. The molecule has 0 aliphatic carbocycles. The Morgan fingerprint density at radius 3 is 2.52 bits per heavy atom. The summed E-state index contributed by atoms with van der Waals surface area (Å²) in [5.74, 6) is 0. The lowest BCUT2D eigenvalue weighted by Gasteiger charge is -2.13. The average Bonchev–Trinajstić information content (AvgIpc) is 2.40. The zero-order chi connectivity index (χ0) is 15.6. The van der Waals surface area contributed by atoms with Crippen LogP contribution in [0.2, 0.25) is 5.02 Å². The van der Waals surface area contributed by atoms with E-state index < -0.39 is 11.7 Å². The fourth-order valence-electron chi connectivity index (χ4n) is 1.72. The number of hydrogen-bond acceptors (Lipinski definition) is 2. The van der Waals surface area contributed by atoms with Gasteiger partial charge in [-0.05, 0) is 30.3 Å². The van der Waals surface area contributed by atoms with Crippen molar-refractivity contribution in [1.82, 2.24) is 0 Å². The highest BCUT2D eigenvalue weighted by molar-refractivity contribution is 9.10. The van der Waals surface area contributed by atoms with Crippen LogP contribution in [-0.4, -0.2) is 0 Å². The number of nitriles is 1. The molecule has 0 aromatic heterocycles. The molecule has 2 aromatic rings. The maximum atomic E-state index is 12.8. The van der Waals surface area contributed by atoms with Gasteiger partial charge in [0.05, 0.1) is 21.8 Å². The molecule has 2 nitrogen and oxygen atoms in total. The Balaban J connectivity index is 2.42. The molecule has 0 atom stereocenters. The number of nitrogens with zero attached hydrogens (tertiary/aromatic N) is 1. The van der Waals surface area contributed by atoms with Gasteiger partial charge in [-0.25, -0.2) is 0 Å². The molecule has 0 saturated heterocycles. The van der Waals surface area contributed by atoms with Crippen LogP contribution in [0.3, 0.4) is 0 Å². The molecule has 0 amide bonds. The summed E-state index contributed by atoms with van der Waals surface area (Å²) in [6.45, 7) is 0. The number of benzene rings is 2. The molecule has 0 heterocycles. The van der Waals surface area contributed by atoms with Crippen LogP contribution in [0.15, 0.2) is 40.9 Å². The summed E-state index contributed by atoms with van der Waals surface area (Å²) in [5, 5.41) is 12.1. The molecule has 7 heteroatoms. The largest absolute Gasteiger partial charge is 0.417 e. The maximum Gasteiger partial charge on any atom is 0.417 e. The number of rotatable bonds is 2. The van der Waals surface area contributed by atoms with Crippen molar-refractivity contribution in [2.75, 3.05) is 5.32 Å². The summed E-state index contributed by atoms with van der Waals surface area (Å²) in [4.78, 5) is 0. The van der Waals surface area contributed by atoms with Crippen molar-refractivity contribution >= 4 is 38.9 Å². The summed E-state index contributed by atoms with van der Waals surface area (Å²) >= 11 is 8.75. The Morgan fingerprint density at radius 1 is 1.19 bits per heavy atom. The number of anilines is 2. The van der Waals surface area contributed by atoms with Crippen molar-refractivity contribution in [3.8, 4) is 6.07 Å². The molecule has 0 bridgehead atoms. The van der Waals surface area contributed by atoms with Gasteiger partial charge in [0.1, 0.15) is 6.07 Å². The zero-order valence-electron chi connectivity index (χ0n) is 10.3. The highest BCUT2D eigenvalue weighted by Crippen LogP contribution is 2.37. The molecule has 0 fully saturated rings. The monoisotopic (exact) mass is 374 g/mol. The minimum Gasteiger partial charge on any atom is -0.354 e. The first-order chi connectivity index (χ1) is 9.82. The third kappa shape index (κ3) is 3.49. The first-order valence-corrected chi connectivity index (χ1v) is 6.82. The Hall–Kier alpha value is -1.71. The van der Waals surface area contributed by atoms with E-state index in [0.29, 0.717) is 5.69 Å². The van der Waals surface area contributed by atoms with E-state index in [1.165, 1.54) is 18.2 Å². The van der Waals surface area contributed by atoms with Crippen LogP contribution in [0, 0.1) is 11.3 Å². The van der Waals surface area contributed by atoms with Crippen LogP contribution in [-0.2, 0) is 6.18 Å². The average molecular weight is 376 g/mol. The summed E-state index contributed by atoms with van der Waals surface area (Å²) in [6, 6.07) is 10.4. The molecule has 2 rings (SSSR count). The first-order valence-electron chi connectivity index (χ1n) is 5.65. The van der Waals surface area contributed by atoms with Crippen molar-refractivity contribution in [2.24, 2.45) is 0 Å². The van der Waals surface area contributed by atoms with Gasteiger partial charge in [0.25, 0.3) is 0 Å². The molecule has 0 aliphatic rings. The molecule has 1 N–H and O–H groups in total. The van der Waals surface area contributed by atoms with E-state index in [4.69, 9.17) is 16.9 Å². The smallest absolute Gasteiger partial charge is 0.354 e. The number of halogens is 5. The fraction of sp³-hybridized carbons (Fsp3) is 0.0714. The quantitative estimate of drug-likeness (QED) is 0.727. The molecule has 0 radical (unpaired) electrons. The number of nitrogens with one attached hydrogen (secondary N) is 1. The lowest BCUT2D eigenvalue weighted by atomic mass is 10.1. The molecule has 0 aliphatic heterocycles. The number of alkyl halides is 3. The van der Waals surface area contributed by atoms with Crippen molar-refractivity contribution in [2.45, 2.75) is 6.18 Å². The van der Waals surface area contributed by atoms with Gasteiger partial charge in [-0.1, -0.05) is 33.6 Å². The van der Waals surface area contributed by atoms with Gasteiger partial charge in [0, 0.05) is 10.2 Å². The molecule has 0 spiro atoms. The summed E-state index contributed by atoms with van der Waals surface area (Å²) < 4.78 is 38.5. The van der Waals surface area contributed by atoms with Gasteiger partial charge in [0.15, 0.2) is 0 Å². The summed E-state index contributed by atoms with van der Waals surface area (Å²) in [5.41, 5.74) is -0.0616. The lowest BCUT2D eigenvalue weighted by molar-refractivity contribution is -0.138. The van der Waals surface area contributed by atoms with E-state index >= 15 is 0 Å². The second-order valence-electron chi connectivity index (χ2n) is 4.09. The maximum absolute atomic E-state index is 12.8. The van der Waals surface area contributed by atoms with Gasteiger partial charge >= 0.3 is 6.18 Å². The third-order valence-electron chi connectivity index (χ3n) is 2.68. The van der Waals surface area contributed by atoms with Crippen molar-refractivity contribution in [3.05, 3.63) is 57.0 Å². The van der Waals surface area contributed by atoms with Gasteiger partial charge in [-0.2, -0.15) is 18.4 Å². The highest BCUT2D eigenvalue weighted by atomic mass is 79.9. The Morgan fingerprint density at radius 2 is 1.90 bits per heavy atom. The van der Waals surface area contributed by atoms with Crippen LogP contribution >= 0.6 is 27.5 Å². The second kappa shape index (κ2) is 5.96. The minimum absolute atomic E-state index is 0.0489. The van der Waals surface area contributed by atoms with Crippen LogP contribution in [0.25, 0.3) is 0 Å². The Kier molecular flexibility index (Phi) is 4.45. The van der Waals surface area contributed by atoms with E-state index in [2.05, 4.69) is 21.2 Å². The first kappa shape index (κ1) is 15.7. The van der Waals surface area contributed by atoms with Gasteiger partial charge in [0.2, 0.25) is 0 Å². The fourth-order valence-corrected chi connectivity index (χ4v) is 2.41. The molecule has 0 unspecified atom stereocenters.